The number of likely N-dealkylation sites (tertiary alicyclic amines) is 1. The molecule has 2 aromatic rings. The third-order valence-corrected chi connectivity index (χ3v) is 6.75. The molecular formula is C18H17BrClFN2O3S. The van der Waals surface area contributed by atoms with Crippen molar-refractivity contribution in [1.82, 2.24) is 9.62 Å². The predicted molar refractivity (Wildman–Crippen MR) is 105 cm³/mol. The number of piperidine rings is 1. The van der Waals surface area contributed by atoms with Crippen molar-refractivity contribution in [1.29, 1.82) is 0 Å². The van der Waals surface area contributed by atoms with Crippen molar-refractivity contribution in [3.05, 3.63) is 63.3 Å². The van der Waals surface area contributed by atoms with E-state index in [0.29, 0.717) is 36.5 Å². The number of nitrogens with zero attached hydrogens (tertiary/aromatic N) is 1. The Kier molecular flexibility index (Phi) is 6.20. The van der Waals surface area contributed by atoms with Crippen LogP contribution in [0, 0.1) is 5.82 Å². The van der Waals surface area contributed by atoms with Gasteiger partial charge >= 0.3 is 0 Å². The van der Waals surface area contributed by atoms with Crippen LogP contribution < -0.4 is 4.72 Å². The Morgan fingerprint density at radius 2 is 1.78 bits per heavy atom. The third-order valence-electron chi connectivity index (χ3n) is 4.39. The van der Waals surface area contributed by atoms with Crippen LogP contribution in [0.25, 0.3) is 0 Å². The summed E-state index contributed by atoms with van der Waals surface area (Å²) in [5.41, 5.74) is 0.413. The van der Waals surface area contributed by atoms with Gasteiger partial charge in [0.1, 0.15) is 5.82 Å². The highest BCUT2D eigenvalue weighted by Crippen LogP contribution is 2.24. The van der Waals surface area contributed by atoms with Crippen LogP contribution in [0.15, 0.2) is 51.8 Å². The molecule has 1 heterocycles. The Labute approximate surface area is 170 Å². The molecule has 27 heavy (non-hydrogen) atoms. The highest BCUT2D eigenvalue weighted by atomic mass is 79.9. The number of sulfonamides is 1. The summed E-state index contributed by atoms with van der Waals surface area (Å²) in [4.78, 5) is 14.3. The highest BCUT2D eigenvalue weighted by Gasteiger charge is 2.28. The first kappa shape index (κ1) is 20.3. The van der Waals surface area contributed by atoms with Gasteiger partial charge in [0.15, 0.2) is 0 Å². The second-order valence-electron chi connectivity index (χ2n) is 6.27. The molecule has 0 unspecified atom stereocenters. The third kappa shape index (κ3) is 4.87. The minimum atomic E-state index is -3.73. The SMILES string of the molecule is O=C(c1cc(Br)ccc1Cl)N1CCC(NS(=O)(=O)c2ccc(F)cc2)CC1. The first-order chi connectivity index (χ1) is 12.8. The molecule has 9 heteroatoms. The summed E-state index contributed by atoms with van der Waals surface area (Å²) in [6.07, 6.45) is 0.968. The van der Waals surface area contributed by atoms with Gasteiger partial charge in [-0.05, 0) is 55.3 Å². The zero-order valence-electron chi connectivity index (χ0n) is 14.2. The highest BCUT2D eigenvalue weighted by molar-refractivity contribution is 9.10. The van der Waals surface area contributed by atoms with E-state index >= 15 is 0 Å². The Hall–Kier alpha value is -1.48. The van der Waals surface area contributed by atoms with E-state index in [1.54, 1.807) is 23.1 Å². The average Bonchev–Trinajstić information content (AvgIpc) is 2.64. The Bertz CT molecular complexity index is 946. The molecule has 0 saturated carbocycles. The van der Waals surface area contributed by atoms with Gasteiger partial charge in [-0.1, -0.05) is 27.5 Å². The van der Waals surface area contributed by atoms with Crippen molar-refractivity contribution >= 4 is 43.5 Å². The molecule has 1 aliphatic heterocycles. The molecule has 0 spiro atoms. The van der Waals surface area contributed by atoms with Crippen LogP contribution in [-0.4, -0.2) is 38.4 Å². The van der Waals surface area contributed by atoms with Crippen LogP contribution in [0.3, 0.4) is 0 Å². The van der Waals surface area contributed by atoms with E-state index in [-0.39, 0.29) is 16.8 Å². The Morgan fingerprint density at radius 3 is 2.41 bits per heavy atom. The second kappa shape index (κ2) is 8.26. The second-order valence-corrected chi connectivity index (χ2v) is 9.30. The fraction of sp³-hybridized carbons (Fsp3) is 0.278. The Balaban J connectivity index is 1.62. The van der Waals surface area contributed by atoms with Crippen LogP contribution in [0.1, 0.15) is 23.2 Å². The average molecular weight is 476 g/mol. The summed E-state index contributed by atoms with van der Waals surface area (Å²) in [6, 6.07) is 9.47. The van der Waals surface area contributed by atoms with E-state index in [0.717, 1.165) is 16.6 Å². The lowest BCUT2D eigenvalue weighted by molar-refractivity contribution is 0.0711. The van der Waals surface area contributed by atoms with Crippen LogP contribution in [0.2, 0.25) is 5.02 Å². The molecule has 144 valence electrons. The molecule has 0 bridgehead atoms. The summed E-state index contributed by atoms with van der Waals surface area (Å²) in [6.45, 7) is 0.830. The van der Waals surface area contributed by atoms with Gasteiger partial charge < -0.3 is 4.90 Å². The molecule has 1 aliphatic rings. The van der Waals surface area contributed by atoms with Gasteiger partial charge in [0.2, 0.25) is 10.0 Å². The lowest BCUT2D eigenvalue weighted by atomic mass is 10.0. The van der Waals surface area contributed by atoms with Crippen molar-refractivity contribution in [3.8, 4) is 0 Å². The monoisotopic (exact) mass is 474 g/mol. The van der Waals surface area contributed by atoms with E-state index in [9.17, 15) is 17.6 Å². The fourth-order valence-electron chi connectivity index (χ4n) is 2.93. The van der Waals surface area contributed by atoms with Crippen molar-refractivity contribution in [2.75, 3.05) is 13.1 Å². The molecule has 3 rings (SSSR count). The summed E-state index contributed by atoms with van der Waals surface area (Å²) in [5, 5.41) is 0.377. The maximum absolute atomic E-state index is 13.0. The van der Waals surface area contributed by atoms with E-state index < -0.39 is 15.8 Å². The van der Waals surface area contributed by atoms with Crippen molar-refractivity contribution in [2.24, 2.45) is 0 Å². The van der Waals surface area contributed by atoms with E-state index in [1.807, 2.05) is 0 Å². The molecule has 0 aromatic heterocycles. The molecular weight excluding hydrogens is 459 g/mol. The molecule has 2 aromatic carbocycles. The largest absolute Gasteiger partial charge is 0.338 e. The van der Waals surface area contributed by atoms with Gasteiger partial charge in [0.25, 0.3) is 5.91 Å². The van der Waals surface area contributed by atoms with Crippen LogP contribution >= 0.6 is 27.5 Å². The number of carbonyl (C=O) groups excluding carboxylic acids is 1. The number of nitrogens with one attached hydrogen (secondary N) is 1. The minimum absolute atomic E-state index is 0.0170. The minimum Gasteiger partial charge on any atom is -0.338 e. The van der Waals surface area contributed by atoms with E-state index in [1.165, 1.54) is 12.1 Å². The number of hydrogen-bond donors (Lipinski definition) is 1. The lowest BCUT2D eigenvalue weighted by Gasteiger charge is -2.32. The summed E-state index contributed by atoms with van der Waals surface area (Å²) >= 11 is 9.45. The van der Waals surface area contributed by atoms with Crippen LogP contribution in [-0.2, 0) is 10.0 Å². The summed E-state index contributed by atoms with van der Waals surface area (Å²) in [7, 11) is -3.73. The molecule has 1 fully saturated rings. The number of benzene rings is 2. The topological polar surface area (TPSA) is 66.5 Å². The number of rotatable bonds is 4. The number of carbonyl (C=O) groups is 1. The summed E-state index contributed by atoms with van der Waals surface area (Å²) < 4.78 is 41.2. The van der Waals surface area contributed by atoms with Gasteiger partial charge in [-0.25, -0.2) is 17.5 Å². The molecule has 0 atom stereocenters. The van der Waals surface area contributed by atoms with Crippen LogP contribution in [0.4, 0.5) is 4.39 Å². The number of halogens is 3. The van der Waals surface area contributed by atoms with Gasteiger partial charge in [-0.3, -0.25) is 4.79 Å². The molecule has 1 amide bonds. The quantitative estimate of drug-likeness (QED) is 0.731. The normalized spacial score (nSPS) is 15.7. The van der Waals surface area contributed by atoms with Crippen molar-refractivity contribution in [2.45, 2.75) is 23.8 Å². The molecule has 1 N–H and O–H groups in total. The first-order valence-electron chi connectivity index (χ1n) is 8.28. The number of hydrogen-bond acceptors (Lipinski definition) is 3. The van der Waals surface area contributed by atoms with E-state index in [2.05, 4.69) is 20.7 Å². The van der Waals surface area contributed by atoms with Crippen molar-refractivity contribution < 1.29 is 17.6 Å². The maximum Gasteiger partial charge on any atom is 0.255 e. The van der Waals surface area contributed by atoms with Gasteiger partial charge in [0, 0.05) is 23.6 Å². The molecule has 5 nitrogen and oxygen atoms in total. The Morgan fingerprint density at radius 1 is 1.15 bits per heavy atom. The lowest BCUT2D eigenvalue weighted by Crippen LogP contribution is -2.46. The smallest absolute Gasteiger partial charge is 0.255 e. The maximum atomic E-state index is 13.0. The fourth-order valence-corrected chi connectivity index (χ4v) is 4.80. The first-order valence-corrected chi connectivity index (χ1v) is 10.9. The van der Waals surface area contributed by atoms with Crippen LogP contribution in [0.5, 0.6) is 0 Å². The van der Waals surface area contributed by atoms with Gasteiger partial charge in [0.05, 0.1) is 15.5 Å². The van der Waals surface area contributed by atoms with E-state index in [4.69, 9.17) is 11.6 Å². The molecule has 0 aliphatic carbocycles. The van der Waals surface area contributed by atoms with Gasteiger partial charge in [-0.15, -0.1) is 0 Å². The van der Waals surface area contributed by atoms with Gasteiger partial charge in [-0.2, -0.15) is 0 Å². The molecule has 0 radical (unpaired) electrons. The standard InChI is InChI=1S/C18H17BrClFN2O3S/c19-12-1-6-17(20)16(11-12)18(24)23-9-7-14(8-10-23)22-27(25,26)15-4-2-13(21)3-5-15/h1-6,11,14,22H,7-10H2. The zero-order chi connectivity index (χ0) is 19.6. The number of amides is 1. The van der Waals surface area contributed by atoms with Crippen molar-refractivity contribution in [3.63, 3.8) is 0 Å². The molecule has 1 saturated heterocycles. The predicted octanol–water partition coefficient (Wildman–Crippen LogP) is 3.82. The summed E-state index contributed by atoms with van der Waals surface area (Å²) in [5.74, 6) is -0.673. The zero-order valence-corrected chi connectivity index (χ0v) is 17.3.